The van der Waals surface area contributed by atoms with Crippen LogP contribution in [0.25, 0.3) is 64.6 Å². The Kier molecular flexibility index (Phi) is 8.50. The zero-order valence-electron chi connectivity index (χ0n) is 28.6. The normalized spacial score (nSPS) is 12.2. The highest BCUT2D eigenvalue weighted by Crippen LogP contribution is 2.37. The highest BCUT2D eigenvalue weighted by Gasteiger charge is 2.12. The average Bonchev–Trinajstić information content (AvgIpc) is 3.17. The molecule has 0 radical (unpaired) electrons. The molecule has 0 amide bonds. The highest BCUT2D eigenvalue weighted by atomic mass is 16.5. The Morgan fingerprint density at radius 3 is 1.10 bits per heavy atom. The molecule has 9 rings (SSSR count). The van der Waals surface area contributed by atoms with Crippen LogP contribution >= 0.6 is 0 Å². The maximum atomic E-state index is 6.07. The Hall–Kier alpha value is -5.02. The summed E-state index contributed by atoms with van der Waals surface area (Å²) in [7, 11) is 0. The minimum atomic E-state index is 0.656. The van der Waals surface area contributed by atoms with Crippen LogP contribution < -0.4 is 0 Å². The monoisotopic (exact) mass is 650 g/mol. The van der Waals surface area contributed by atoms with Crippen LogP contribution in [0.4, 0.5) is 0 Å². The van der Waals surface area contributed by atoms with E-state index in [1.54, 1.807) is 0 Å². The van der Waals surface area contributed by atoms with Gasteiger partial charge in [0.05, 0.1) is 13.2 Å². The first-order valence-electron chi connectivity index (χ1n) is 18.3. The maximum Gasteiger partial charge on any atom is 0.0716 e. The molecular formula is C48H42O2. The number of unbranched alkanes of at least 4 members (excludes halogenated alkanes) is 2. The molecule has 0 saturated carbocycles. The number of ether oxygens (including phenoxy) is 2. The van der Waals surface area contributed by atoms with E-state index in [1.165, 1.54) is 86.9 Å². The van der Waals surface area contributed by atoms with Crippen molar-refractivity contribution in [1.29, 1.82) is 0 Å². The van der Waals surface area contributed by atoms with Crippen molar-refractivity contribution < 1.29 is 9.47 Å². The van der Waals surface area contributed by atoms with Gasteiger partial charge in [-0.05, 0) is 125 Å². The van der Waals surface area contributed by atoms with Crippen molar-refractivity contribution in [2.24, 2.45) is 0 Å². The summed E-state index contributed by atoms with van der Waals surface area (Å²) in [6, 6.07) is 49.4. The molecule has 0 atom stereocenters. The third-order valence-electron chi connectivity index (χ3n) is 10.8. The lowest BCUT2D eigenvalue weighted by Crippen LogP contribution is -1.99. The number of hydrogen-bond acceptors (Lipinski definition) is 2. The van der Waals surface area contributed by atoms with Crippen LogP contribution in [-0.4, -0.2) is 13.2 Å². The first kappa shape index (κ1) is 31.0. The lowest BCUT2D eigenvalue weighted by molar-refractivity contribution is 0.115. The molecule has 0 aliphatic heterocycles. The molecule has 0 fully saturated rings. The van der Waals surface area contributed by atoms with E-state index in [2.05, 4.69) is 133 Å². The number of aryl methyl sites for hydroxylation is 2. The van der Waals surface area contributed by atoms with E-state index in [9.17, 15) is 0 Å². The molecule has 0 aliphatic carbocycles. The lowest BCUT2D eigenvalue weighted by Gasteiger charge is -2.14. The fourth-order valence-electron chi connectivity index (χ4n) is 8.18. The van der Waals surface area contributed by atoms with Gasteiger partial charge in [-0.2, -0.15) is 0 Å². The Morgan fingerprint density at radius 2 is 0.680 bits per heavy atom. The molecule has 0 bridgehead atoms. The Labute approximate surface area is 293 Å². The topological polar surface area (TPSA) is 18.5 Å². The number of rotatable bonds is 14. The first-order chi connectivity index (χ1) is 24.8. The van der Waals surface area contributed by atoms with E-state index >= 15 is 0 Å². The van der Waals surface area contributed by atoms with Crippen molar-refractivity contribution in [1.82, 2.24) is 0 Å². The smallest absolute Gasteiger partial charge is 0.0716 e. The third kappa shape index (κ3) is 5.93. The molecule has 2 heteroatoms. The Morgan fingerprint density at radius 1 is 0.320 bits per heavy atom. The molecule has 0 saturated heterocycles. The van der Waals surface area contributed by atoms with Crippen molar-refractivity contribution in [2.75, 3.05) is 13.2 Å². The van der Waals surface area contributed by atoms with Gasteiger partial charge >= 0.3 is 0 Å². The minimum Gasteiger partial charge on any atom is -0.377 e. The molecule has 0 spiro atoms. The van der Waals surface area contributed by atoms with Crippen LogP contribution in [0, 0.1) is 0 Å². The quantitative estimate of drug-likeness (QED) is 0.0861. The van der Waals surface area contributed by atoms with Gasteiger partial charge in [0.15, 0.2) is 0 Å². The number of benzene rings is 9. The van der Waals surface area contributed by atoms with E-state index in [0.717, 1.165) is 51.7 Å². The molecule has 9 aromatic carbocycles. The fourth-order valence-corrected chi connectivity index (χ4v) is 8.18. The average molecular weight is 651 g/mol. The van der Waals surface area contributed by atoms with Gasteiger partial charge < -0.3 is 9.47 Å². The van der Waals surface area contributed by atoms with E-state index in [4.69, 9.17) is 9.47 Å². The molecule has 0 heterocycles. The van der Waals surface area contributed by atoms with Gasteiger partial charge in [-0.15, -0.1) is 0 Å². The van der Waals surface area contributed by atoms with Gasteiger partial charge in [-0.1, -0.05) is 133 Å². The molecule has 0 N–H and O–H groups in total. The first-order valence-corrected chi connectivity index (χ1v) is 18.3. The second kappa shape index (κ2) is 13.7. The molecule has 9 aromatic rings. The van der Waals surface area contributed by atoms with Gasteiger partial charge in [0.25, 0.3) is 0 Å². The zero-order chi connectivity index (χ0) is 33.3. The molecule has 246 valence electrons. The van der Waals surface area contributed by atoms with Gasteiger partial charge in [-0.3, -0.25) is 0 Å². The van der Waals surface area contributed by atoms with Crippen molar-refractivity contribution in [3.05, 3.63) is 156 Å². The molecular weight excluding hydrogens is 609 g/mol. The van der Waals surface area contributed by atoms with E-state index in [-0.39, 0.29) is 0 Å². The minimum absolute atomic E-state index is 0.656. The summed E-state index contributed by atoms with van der Waals surface area (Å²) in [5.74, 6) is 0. The summed E-state index contributed by atoms with van der Waals surface area (Å²) >= 11 is 0. The predicted octanol–water partition coefficient (Wildman–Crippen LogP) is 12.6. The van der Waals surface area contributed by atoms with Crippen molar-refractivity contribution in [2.45, 2.75) is 51.7 Å². The summed E-state index contributed by atoms with van der Waals surface area (Å²) in [5, 5.41) is 16.4. The Balaban J connectivity index is 0.702. The van der Waals surface area contributed by atoms with Gasteiger partial charge in [0.2, 0.25) is 0 Å². The van der Waals surface area contributed by atoms with Crippen LogP contribution in [0.5, 0.6) is 0 Å². The van der Waals surface area contributed by atoms with Crippen LogP contribution in [0.15, 0.2) is 133 Å². The summed E-state index contributed by atoms with van der Waals surface area (Å²) in [5.41, 5.74) is 5.32. The molecule has 0 aromatic heterocycles. The van der Waals surface area contributed by atoms with Crippen molar-refractivity contribution >= 4 is 64.6 Å². The lowest BCUT2D eigenvalue weighted by atomic mass is 9.91. The van der Waals surface area contributed by atoms with E-state index in [1.807, 2.05) is 0 Å². The largest absolute Gasteiger partial charge is 0.377 e. The summed E-state index contributed by atoms with van der Waals surface area (Å²) in [6.07, 6.45) is 6.52. The van der Waals surface area contributed by atoms with E-state index in [0.29, 0.717) is 13.2 Å². The molecule has 0 unspecified atom stereocenters. The Bertz CT molecular complexity index is 2330. The van der Waals surface area contributed by atoms with Crippen molar-refractivity contribution in [3.8, 4) is 0 Å². The fraction of sp³-hybridized carbons (Fsp3) is 0.208. The van der Waals surface area contributed by atoms with Crippen LogP contribution in [-0.2, 0) is 35.5 Å². The van der Waals surface area contributed by atoms with E-state index < -0.39 is 0 Å². The third-order valence-corrected chi connectivity index (χ3v) is 10.8. The molecule has 50 heavy (non-hydrogen) atoms. The van der Waals surface area contributed by atoms with Crippen LogP contribution in [0.3, 0.4) is 0 Å². The summed E-state index contributed by atoms with van der Waals surface area (Å²) in [6.45, 7) is 2.88. The standard InChI is InChI=1S/C48H42O2/c1(7-35-17-19-41-23-21-37-9-5-11-39-25-27-43(35)47(41)45(37)39)3-29-49-31-33-13-15-34(16-14-33)32-50-30-4-2-8-36-18-20-42-24-22-38-10-6-12-40-26-28-44(36)48(42)46(38)40/h5-6,9-28H,1-4,7-8,29-32H2. The van der Waals surface area contributed by atoms with Crippen LogP contribution in [0.1, 0.15) is 47.9 Å². The highest BCUT2D eigenvalue weighted by molar-refractivity contribution is 6.24. The summed E-state index contributed by atoms with van der Waals surface area (Å²) < 4.78 is 12.1. The van der Waals surface area contributed by atoms with Gasteiger partial charge in [-0.25, -0.2) is 0 Å². The number of hydrogen-bond donors (Lipinski definition) is 0. The predicted molar refractivity (Wildman–Crippen MR) is 212 cm³/mol. The second-order valence-corrected chi connectivity index (χ2v) is 14.0. The molecule has 2 nitrogen and oxygen atoms in total. The SMILES string of the molecule is c1cc2ccc3ccc(CCCCOCc4ccc(COCCCCc5ccc6ccc7cccc8ccc5c6c78)cc4)c4ccc(c1)c2c34. The maximum absolute atomic E-state index is 6.07. The van der Waals surface area contributed by atoms with Crippen LogP contribution in [0.2, 0.25) is 0 Å². The van der Waals surface area contributed by atoms with Gasteiger partial charge in [0.1, 0.15) is 0 Å². The molecule has 0 aliphatic rings. The second-order valence-electron chi connectivity index (χ2n) is 14.0. The zero-order valence-corrected chi connectivity index (χ0v) is 28.6. The van der Waals surface area contributed by atoms with Crippen molar-refractivity contribution in [3.63, 3.8) is 0 Å². The summed E-state index contributed by atoms with van der Waals surface area (Å²) in [4.78, 5) is 0. The van der Waals surface area contributed by atoms with Gasteiger partial charge in [0, 0.05) is 13.2 Å².